The van der Waals surface area contributed by atoms with Crippen molar-refractivity contribution in [2.45, 2.75) is 44.8 Å². The molecule has 2 aliphatic heterocycles. The quantitative estimate of drug-likeness (QED) is 0.273. The number of aliphatic hydroxyl groups excluding tert-OH is 1. The number of carbonyl (C=O) groups is 2. The van der Waals surface area contributed by atoms with Crippen molar-refractivity contribution in [3.05, 3.63) is 47.5 Å². The van der Waals surface area contributed by atoms with Crippen molar-refractivity contribution in [3.63, 3.8) is 0 Å². The fourth-order valence-electron chi connectivity index (χ4n) is 3.64. The van der Waals surface area contributed by atoms with E-state index in [1.54, 1.807) is 19.1 Å². The molecular formula is C24H34AlLiN2O6. The molecule has 2 heterocycles. The molecule has 0 spiro atoms. The number of carbonyl (C=O) groups excluding carboxylic acids is 2. The van der Waals surface area contributed by atoms with Crippen LogP contribution in [0.15, 0.2) is 36.4 Å². The van der Waals surface area contributed by atoms with Gasteiger partial charge in [0.2, 0.25) is 6.41 Å². The van der Waals surface area contributed by atoms with E-state index in [9.17, 15) is 9.59 Å². The van der Waals surface area contributed by atoms with Gasteiger partial charge in [-0.1, -0.05) is 12.1 Å². The Hall–Kier alpha value is -2.13. The van der Waals surface area contributed by atoms with Crippen molar-refractivity contribution < 1.29 is 49.2 Å². The van der Waals surface area contributed by atoms with Gasteiger partial charge in [-0.05, 0) is 55.9 Å². The van der Waals surface area contributed by atoms with Gasteiger partial charge in [-0.2, -0.15) is 0 Å². The van der Waals surface area contributed by atoms with Gasteiger partial charge in [-0.3, -0.25) is 4.79 Å². The van der Waals surface area contributed by atoms with E-state index in [1.807, 2.05) is 25.2 Å². The summed E-state index contributed by atoms with van der Waals surface area (Å²) in [6.07, 6.45) is 3.30. The molecule has 34 heavy (non-hydrogen) atoms. The van der Waals surface area contributed by atoms with Gasteiger partial charge in [-0.15, -0.1) is 0 Å². The molecule has 2 aromatic carbocycles. The second-order valence-corrected chi connectivity index (χ2v) is 7.52. The monoisotopic (exact) mass is 480 g/mol. The van der Waals surface area contributed by atoms with Crippen molar-refractivity contribution in [3.8, 4) is 11.5 Å². The van der Waals surface area contributed by atoms with E-state index in [-0.39, 0.29) is 56.3 Å². The molecule has 0 aromatic heterocycles. The number of esters is 1. The van der Waals surface area contributed by atoms with Crippen LogP contribution in [0.25, 0.3) is 0 Å². The molecule has 4 rings (SSSR count). The van der Waals surface area contributed by atoms with Crippen LogP contribution in [-0.4, -0.2) is 67.3 Å². The molecule has 2 unspecified atom stereocenters. The summed E-state index contributed by atoms with van der Waals surface area (Å²) in [5.74, 6) is 1.20. The molecule has 0 radical (unpaired) electrons. The number of anilines is 2. The first-order valence-corrected chi connectivity index (χ1v) is 10.8. The Bertz CT molecular complexity index is 952. The van der Waals surface area contributed by atoms with Crippen LogP contribution >= 0.6 is 0 Å². The summed E-state index contributed by atoms with van der Waals surface area (Å²) in [5, 5.41) is 14.6. The molecule has 2 aromatic rings. The number of ether oxygens (including phenoxy) is 3. The maximum atomic E-state index is 11.6. The first kappa shape index (κ1) is 29.9. The van der Waals surface area contributed by atoms with Crippen molar-refractivity contribution in [2.75, 3.05) is 30.9 Å². The first-order valence-electron chi connectivity index (χ1n) is 10.8. The van der Waals surface area contributed by atoms with E-state index in [0.717, 1.165) is 36.3 Å². The normalized spacial score (nSPS) is 17.3. The fourth-order valence-corrected chi connectivity index (χ4v) is 3.64. The molecular weight excluding hydrogens is 446 g/mol. The maximum absolute atomic E-state index is 11.6. The van der Waals surface area contributed by atoms with Gasteiger partial charge in [0.1, 0.15) is 17.6 Å². The van der Waals surface area contributed by atoms with E-state index < -0.39 is 6.10 Å². The third-order valence-electron chi connectivity index (χ3n) is 5.38. The SMILES string of the molecule is CCOC(=O)C1CCc2ccc(NC=O)cc2O1.CNc1ccc2c(c1)OC(CO)CC2.[AlH3].[H-].[Li+]. The van der Waals surface area contributed by atoms with E-state index in [1.165, 1.54) is 5.56 Å². The van der Waals surface area contributed by atoms with Crippen LogP contribution in [0.2, 0.25) is 0 Å². The third-order valence-corrected chi connectivity index (χ3v) is 5.38. The summed E-state index contributed by atoms with van der Waals surface area (Å²) in [4.78, 5) is 22.0. The predicted molar refractivity (Wildman–Crippen MR) is 132 cm³/mol. The summed E-state index contributed by atoms with van der Waals surface area (Å²) in [7, 11) is 1.88. The second kappa shape index (κ2) is 15.0. The van der Waals surface area contributed by atoms with Gasteiger partial charge >= 0.3 is 24.8 Å². The van der Waals surface area contributed by atoms with Crippen molar-refractivity contribution >= 4 is 41.1 Å². The Balaban J connectivity index is 0.000000623. The summed E-state index contributed by atoms with van der Waals surface area (Å²) in [6, 6.07) is 11.5. The van der Waals surface area contributed by atoms with Gasteiger partial charge in [0.25, 0.3) is 0 Å². The van der Waals surface area contributed by atoms with Crippen LogP contribution in [0, 0.1) is 0 Å². The number of amides is 1. The van der Waals surface area contributed by atoms with E-state index in [2.05, 4.69) is 16.7 Å². The topological polar surface area (TPSA) is 106 Å². The van der Waals surface area contributed by atoms with Gasteiger partial charge in [0, 0.05) is 30.6 Å². The zero-order valence-corrected chi connectivity index (χ0v) is 19.4. The zero-order chi connectivity index (χ0) is 22.9. The van der Waals surface area contributed by atoms with Crippen LogP contribution < -0.4 is 39.0 Å². The average molecular weight is 480 g/mol. The number of hydrogen-bond acceptors (Lipinski definition) is 7. The molecule has 2 atom stereocenters. The summed E-state index contributed by atoms with van der Waals surface area (Å²) in [6.45, 7) is 2.21. The third kappa shape index (κ3) is 7.98. The molecule has 180 valence electrons. The fraction of sp³-hybridized carbons (Fsp3) is 0.417. The molecule has 0 fully saturated rings. The van der Waals surface area contributed by atoms with Crippen molar-refractivity contribution in [2.24, 2.45) is 0 Å². The zero-order valence-electron chi connectivity index (χ0n) is 20.4. The summed E-state index contributed by atoms with van der Waals surface area (Å²) >= 11 is 0. The molecule has 0 saturated carbocycles. The molecule has 0 bridgehead atoms. The van der Waals surface area contributed by atoms with Crippen LogP contribution in [0.4, 0.5) is 11.4 Å². The van der Waals surface area contributed by atoms with E-state index in [4.69, 9.17) is 19.3 Å². The molecule has 0 aliphatic carbocycles. The Morgan fingerprint density at radius 3 is 2.35 bits per heavy atom. The molecule has 1 amide bonds. The Morgan fingerprint density at radius 1 is 1.12 bits per heavy atom. The van der Waals surface area contributed by atoms with Crippen molar-refractivity contribution in [1.82, 2.24) is 0 Å². The largest absolute Gasteiger partial charge is 1.00 e. The minimum Gasteiger partial charge on any atom is -1.00 e. The molecule has 8 nitrogen and oxygen atoms in total. The first-order chi connectivity index (χ1) is 15.6. The number of rotatable bonds is 6. The van der Waals surface area contributed by atoms with E-state index in [0.29, 0.717) is 30.9 Å². The Morgan fingerprint density at radius 2 is 1.74 bits per heavy atom. The van der Waals surface area contributed by atoms with Crippen LogP contribution in [-0.2, 0) is 27.2 Å². The van der Waals surface area contributed by atoms with Crippen molar-refractivity contribution in [1.29, 1.82) is 0 Å². The summed E-state index contributed by atoms with van der Waals surface area (Å²) < 4.78 is 16.2. The van der Waals surface area contributed by atoms with Gasteiger partial charge < -0.3 is 31.4 Å². The standard InChI is InChI=1S/C13H15NO4.C11H15NO2.Al.Li.4H/c1-2-17-13(16)11-6-4-9-3-5-10(14-8-15)7-12(9)18-11;1-12-9-4-2-8-3-5-10(7-13)14-11(8)6-9;;;;;;/h3,5,7-8,11H,2,4,6H2,1H3,(H,14,15);2,4,6,10,12-13H,3,5,7H2,1H3;;;;;;/q;;;+1;;;;-1. The minimum atomic E-state index is -0.552. The molecule has 3 N–H and O–H groups in total. The molecule has 0 saturated heterocycles. The average Bonchev–Trinajstić information content (AvgIpc) is 2.83. The minimum absolute atomic E-state index is 0. The van der Waals surface area contributed by atoms with Crippen LogP contribution in [0.5, 0.6) is 11.5 Å². The van der Waals surface area contributed by atoms with Gasteiger partial charge in [0.15, 0.2) is 23.5 Å². The smallest absolute Gasteiger partial charge is 1.00 e. The van der Waals surface area contributed by atoms with E-state index >= 15 is 0 Å². The summed E-state index contributed by atoms with van der Waals surface area (Å²) in [5.41, 5.74) is 3.95. The molecule has 2 aliphatic rings. The number of benzene rings is 2. The number of hydrogen-bond donors (Lipinski definition) is 3. The van der Waals surface area contributed by atoms with Gasteiger partial charge in [-0.25, -0.2) is 4.79 Å². The Kier molecular flexibility index (Phi) is 13.2. The van der Waals surface area contributed by atoms with Crippen LogP contribution in [0.1, 0.15) is 32.3 Å². The molecule has 10 heteroatoms. The number of fused-ring (bicyclic) bond motifs is 2. The Labute approximate surface area is 224 Å². The predicted octanol–water partition coefficient (Wildman–Crippen LogP) is -1.14. The maximum Gasteiger partial charge on any atom is 1.00 e. The number of aliphatic hydroxyl groups is 1. The number of aryl methyl sites for hydroxylation is 2. The second-order valence-electron chi connectivity index (χ2n) is 7.52. The van der Waals surface area contributed by atoms with Crippen LogP contribution in [0.3, 0.4) is 0 Å². The number of nitrogens with one attached hydrogen (secondary N) is 2. The van der Waals surface area contributed by atoms with Gasteiger partial charge in [0.05, 0.1) is 13.2 Å².